The van der Waals surface area contributed by atoms with Crippen molar-refractivity contribution in [2.75, 3.05) is 25.2 Å². The number of amides is 1. The van der Waals surface area contributed by atoms with Crippen LogP contribution in [-0.4, -0.2) is 42.2 Å². The Bertz CT molecular complexity index is 658. The number of fused-ring (bicyclic) bond motifs is 1. The first-order chi connectivity index (χ1) is 11.5. The molecule has 0 aliphatic carbocycles. The molecule has 0 unspecified atom stereocenters. The van der Waals surface area contributed by atoms with Crippen molar-refractivity contribution in [1.82, 2.24) is 0 Å². The van der Waals surface area contributed by atoms with E-state index in [1.54, 1.807) is 6.07 Å². The Morgan fingerprint density at radius 1 is 1.38 bits per heavy atom. The molecular formula is C16H20N2O6. The topological polar surface area (TPSA) is 110 Å². The van der Waals surface area contributed by atoms with E-state index in [0.717, 1.165) is 0 Å². The fourth-order valence-corrected chi connectivity index (χ4v) is 2.84. The summed E-state index contributed by atoms with van der Waals surface area (Å²) in [7, 11) is 1.26. The number of aliphatic hydroxyl groups excluding tert-OH is 1. The molecule has 0 fully saturated rings. The number of nitrogens with zero attached hydrogens (tertiary/aromatic N) is 2. The lowest BCUT2D eigenvalue weighted by atomic mass is 10.0. The van der Waals surface area contributed by atoms with Crippen molar-refractivity contribution in [1.29, 1.82) is 0 Å². The third-order valence-electron chi connectivity index (χ3n) is 3.98. The van der Waals surface area contributed by atoms with E-state index in [9.17, 15) is 19.7 Å². The highest BCUT2D eigenvalue weighted by Crippen LogP contribution is 2.38. The maximum Gasteiger partial charge on any atom is 0.309 e. The van der Waals surface area contributed by atoms with Crippen molar-refractivity contribution in [3.05, 3.63) is 33.4 Å². The summed E-state index contributed by atoms with van der Waals surface area (Å²) < 4.78 is 4.59. The second-order valence-electron chi connectivity index (χ2n) is 5.61. The van der Waals surface area contributed by atoms with Gasteiger partial charge in [0.2, 0.25) is 5.91 Å². The molecule has 24 heavy (non-hydrogen) atoms. The number of nitro groups is 1. The van der Waals surface area contributed by atoms with Crippen LogP contribution in [-0.2, 0) is 27.2 Å². The lowest BCUT2D eigenvalue weighted by molar-refractivity contribution is -0.384. The molecule has 8 heteroatoms. The Labute approximate surface area is 139 Å². The summed E-state index contributed by atoms with van der Waals surface area (Å²) in [6.07, 6.45) is 1.76. The Morgan fingerprint density at radius 2 is 2.12 bits per heavy atom. The van der Waals surface area contributed by atoms with Gasteiger partial charge in [-0.05, 0) is 30.4 Å². The Kier molecular flexibility index (Phi) is 5.86. The van der Waals surface area contributed by atoms with Gasteiger partial charge in [0.25, 0.3) is 5.69 Å². The summed E-state index contributed by atoms with van der Waals surface area (Å²) in [5.41, 5.74) is 1.35. The summed E-state index contributed by atoms with van der Waals surface area (Å²) >= 11 is 0. The van der Waals surface area contributed by atoms with Crippen LogP contribution in [0.5, 0.6) is 0 Å². The molecular weight excluding hydrogens is 316 g/mol. The van der Waals surface area contributed by atoms with E-state index < -0.39 is 10.9 Å². The highest BCUT2D eigenvalue weighted by atomic mass is 16.6. The quantitative estimate of drug-likeness (QED) is 0.348. The number of hydrogen-bond acceptors (Lipinski definition) is 6. The number of hydrogen-bond donors (Lipinski definition) is 1. The van der Waals surface area contributed by atoms with Crippen LogP contribution in [0.1, 0.15) is 30.4 Å². The van der Waals surface area contributed by atoms with E-state index in [4.69, 9.17) is 5.11 Å². The number of carbonyl (C=O) groups excluding carboxylic acids is 2. The van der Waals surface area contributed by atoms with Gasteiger partial charge in [-0.3, -0.25) is 19.7 Å². The number of aliphatic hydroxyl groups is 1. The molecule has 1 aliphatic rings. The molecule has 130 valence electrons. The van der Waals surface area contributed by atoms with Crippen LogP contribution in [0.2, 0.25) is 0 Å². The van der Waals surface area contributed by atoms with Gasteiger partial charge in [0.1, 0.15) is 5.69 Å². The number of anilines is 1. The van der Waals surface area contributed by atoms with Crippen LogP contribution in [0.4, 0.5) is 11.4 Å². The van der Waals surface area contributed by atoms with Crippen LogP contribution in [0.25, 0.3) is 0 Å². The zero-order chi connectivity index (χ0) is 17.7. The molecule has 0 saturated carbocycles. The zero-order valence-corrected chi connectivity index (χ0v) is 13.5. The summed E-state index contributed by atoms with van der Waals surface area (Å²) in [5, 5.41) is 20.2. The molecule has 8 nitrogen and oxygen atoms in total. The molecule has 1 aliphatic heterocycles. The number of unbranched alkanes of at least 4 members (excludes halogenated alkanes) is 1. The van der Waals surface area contributed by atoms with Gasteiger partial charge in [-0.15, -0.1) is 0 Å². The minimum Gasteiger partial charge on any atom is -0.469 e. The molecule has 1 aromatic carbocycles. The highest BCUT2D eigenvalue weighted by Gasteiger charge is 2.32. The van der Waals surface area contributed by atoms with E-state index in [-0.39, 0.29) is 31.0 Å². The Balaban J connectivity index is 2.30. The monoisotopic (exact) mass is 336 g/mol. The van der Waals surface area contributed by atoms with Crippen molar-refractivity contribution in [2.24, 2.45) is 0 Å². The lowest BCUT2D eigenvalue weighted by Gasteiger charge is -2.17. The number of benzene rings is 1. The lowest BCUT2D eigenvalue weighted by Crippen LogP contribution is -2.29. The first-order valence-electron chi connectivity index (χ1n) is 7.76. The predicted octanol–water partition coefficient (Wildman–Crippen LogP) is 1.36. The van der Waals surface area contributed by atoms with Crippen LogP contribution in [0.15, 0.2) is 12.1 Å². The maximum atomic E-state index is 12.3. The smallest absolute Gasteiger partial charge is 0.309 e. The van der Waals surface area contributed by atoms with Gasteiger partial charge in [0.15, 0.2) is 0 Å². The minimum atomic E-state index is -0.529. The number of rotatable bonds is 7. The summed E-state index contributed by atoms with van der Waals surface area (Å²) in [6, 6.07) is 3.05. The van der Waals surface area contributed by atoms with E-state index >= 15 is 0 Å². The summed E-state index contributed by atoms with van der Waals surface area (Å²) in [5.74, 6) is -0.662. The van der Waals surface area contributed by atoms with Gasteiger partial charge >= 0.3 is 5.97 Å². The van der Waals surface area contributed by atoms with Crippen molar-refractivity contribution in [3.8, 4) is 0 Å². The average Bonchev–Trinajstić information content (AvgIpc) is 2.97. The molecule has 0 aromatic heterocycles. The van der Waals surface area contributed by atoms with Gasteiger partial charge in [0.05, 0.1) is 18.5 Å². The van der Waals surface area contributed by atoms with Crippen molar-refractivity contribution < 1.29 is 24.4 Å². The van der Waals surface area contributed by atoms with E-state index in [0.29, 0.717) is 42.6 Å². The molecule has 0 bridgehead atoms. The summed E-state index contributed by atoms with van der Waals surface area (Å²) in [6.45, 7) is 0.400. The predicted molar refractivity (Wildman–Crippen MR) is 85.8 cm³/mol. The molecule has 1 N–H and O–H groups in total. The highest BCUT2D eigenvalue weighted by molar-refractivity contribution is 5.98. The number of esters is 1. The zero-order valence-electron chi connectivity index (χ0n) is 13.5. The van der Waals surface area contributed by atoms with Gasteiger partial charge in [0, 0.05) is 25.6 Å². The fraction of sp³-hybridized carbons (Fsp3) is 0.500. The Morgan fingerprint density at radius 3 is 2.75 bits per heavy atom. The van der Waals surface area contributed by atoms with Crippen LogP contribution < -0.4 is 4.90 Å². The molecule has 1 amide bonds. The van der Waals surface area contributed by atoms with Gasteiger partial charge in [-0.1, -0.05) is 6.07 Å². The molecule has 1 aromatic rings. The van der Waals surface area contributed by atoms with Crippen molar-refractivity contribution >= 4 is 23.3 Å². The van der Waals surface area contributed by atoms with Gasteiger partial charge in [-0.2, -0.15) is 0 Å². The first-order valence-corrected chi connectivity index (χ1v) is 7.76. The average molecular weight is 336 g/mol. The van der Waals surface area contributed by atoms with Crippen LogP contribution in [0, 0.1) is 10.1 Å². The minimum absolute atomic E-state index is 0.0148. The largest absolute Gasteiger partial charge is 0.469 e. The molecule has 0 saturated heterocycles. The first kappa shape index (κ1) is 17.9. The molecule has 0 atom stereocenters. The molecule has 0 radical (unpaired) electrons. The van der Waals surface area contributed by atoms with E-state index in [2.05, 4.69) is 4.74 Å². The number of carbonyl (C=O) groups is 2. The normalized spacial score (nSPS) is 12.8. The standard InChI is InChI=1S/C16H20N2O6/c1-24-15(21)10-11-8-12-5-6-17(14(20)4-2-3-7-19)16(12)13(9-11)18(22)23/h8-9,19H,2-7,10H2,1H3. The van der Waals surface area contributed by atoms with E-state index in [1.807, 2.05) is 0 Å². The number of methoxy groups -OCH3 is 1. The van der Waals surface area contributed by atoms with Crippen molar-refractivity contribution in [2.45, 2.75) is 32.1 Å². The van der Waals surface area contributed by atoms with Gasteiger partial charge in [-0.25, -0.2) is 0 Å². The third-order valence-corrected chi connectivity index (χ3v) is 3.98. The second kappa shape index (κ2) is 7.87. The maximum absolute atomic E-state index is 12.3. The Hall–Kier alpha value is -2.48. The fourth-order valence-electron chi connectivity index (χ4n) is 2.84. The molecule has 2 rings (SSSR count). The third kappa shape index (κ3) is 3.88. The number of ether oxygens (including phenoxy) is 1. The van der Waals surface area contributed by atoms with Crippen LogP contribution >= 0.6 is 0 Å². The van der Waals surface area contributed by atoms with Gasteiger partial charge < -0.3 is 14.7 Å². The second-order valence-corrected chi connectivity index (χ2v) is 5.61. The number of nitro benzene ring substituents is 1. The van der Waals surface area contributed by atoms with E-state index in [1.165, 1.54) is 18.1 Å². The SMILES string of the molecule is COC(=O)Cc1cc2c(c([N+](=O)[O-])c1)N(C(=O)CCCCO)CC2. The van der Waals surface area contributed by atoms with Crippen molar-refractivity contribution in [3.63, 3.8) is 0 Å². The molecule has 0 spiro atoms. The molecule has 1 heterocycles. The summed E-state index contributed by atoms with van der Waals surface area (Å²) in [4.78, 5) is 36.0. The van der Waals surface area contributed by atoms with Crippen LogP contribution in [0.3, 0.4) is 0 Å².